The lowest BCUT2D eigenvalue weighted by Crippen LogP contribution is -2.38. The van der Waals surface area contributed by atoms with Crippen LogP contribution < -0.4 is 19.1 Å². The molecule has 11 heteroatoms. The van der Waals surface area contributed by atoms with Crippen molar-refractivity contribution in [2.75, 3.05) is 30.4 Å². The molecule has 0 aliphatic carbocycles. The van der Waals surface area contributed by atoms with Crippen LogP contribution in [0.5, 0.6) is 11.5 Å². The molecule has 0 saturated heterocycles. The lowest BCUT2D eigenvalue weighted by atomic mass is 10.2. The van der Waals surface area contributed by atoms with Crippen molar-refractivity contribution in [3.8, 4) is 11.5 Å². The van der Waals surface area contributed by atoms with E-state index in [0.717, 1.165) is 40.7 Å². The molecule has 1 N–H and O–H groups in total. The van der Waals surface area contributed by atoms with Gasteiger partial charge in [0, 0.05) is 12.1 Å². The first-order valence-corrected chi connectivity index (χ1v) is 11.2. The monoisotopic (exact) mass is 496 g/mol. The average molecular weight is 497 g/mol. The fourth-order valence-corrected chi connectivity index (χ4v) is 4.59. The quantitative estimate of drug-likeness (QED) is 0.497. The molecule has 0 fully saturated rings. The van der Waals surface area contributed by atoms with Gasteiger partial charge in [-0.05, 0) is 48.5 Å². The Morgan fingerprint density at radius 3 is 2.03 bits per heavy atom. The van der Waals surface area contributed by atoms with Gasteiger partial charge >= 0.3 is 0 Å². The minimum Gasteiger partial charge on any atom is -0.495 e. The van der Waals surface area contributed by atoms with E-state index in [0.29, 0.717) is 0 Å². The number of nitrogens with zero attached hydrogens (tertiary/aromatic N) is 1. The summed E-state index contributed by atoms with van der Waals surface area (Å²) in [4.78, 5) is 12.6. The van der Waals surface area contributed by atoms with E-state index in [1.807, 2.05) is 0 Å². The third-order valence-corrected chi connectivity index (χ3v) is 6.63. The van der Waals surface area contributed by atoms with Crippen LogP contribution >= 0.6 is 11.6 Å². The predicted molar refractivity (Wildman–Crippen MR) is 121 cm³/mol. The van der Waals surface area contributed by atoms with Crippen LogP contribution in [0.2, 0.25) is 5.02 Å². The van der Waals surface area contributed by atoms with Crippen molar-refractivity contribution < 1.29 is 31.5 Å². The summed E-state index contributed by atoms with van der Waals surface area (Å²) in [6.45, 7) is -0.667. The van der Waals surface area contributed by atoms with E-state index in [1.54, 1.807) is 0 Å². The van der Waals surface area contributed by atoms with E-state index in [4.69, 9.17) is 21.1 Å². The van der Waals surface area contributed by atoms with Gasteiger partial charge < -0.3 is 14.8 Å². The number of benzene rings is 3. The molecule has 0 bridgehead atoms. The summed E-state index contributed by atoms with van der Waals surface area (Å²) in [5.41, 5.74) is 0.235. The first-order valence-electron chi connectivity index (χ1n) is 9.41. The van der Waals surface area contributed by atoms with Gasteiger partial charge in [0.1, 0.15) is 29.7 Å². The Kier molecular flexibility index (Phi) is 7.39. The second kappa shape index (κ2) is 10.1. The van der Waals surface area contributed by atoms with Gasteiger partial charge in [-0.15, -0.1) is 0 Å². The summed E-state index contributed by atoms with van der Waals surface area (Å²) < 4.78 is 64.4. The molecule has 0 radical (unpaired) electrons. The number of anilines is 2. The van der Waals surface area contributed by atoms with Gasteiger partial charge in [-0.25, -0.2) is 17.2 Å². The van der Waals surface area contributed by atoms with E-state index in [9.17, 15) is 22.0 Å². The Hall–Kier alpha value is -3.37. The minimum atomic E-state index is -4.30. The van der Waals surface area contributed by atoms with Crippen LogP contribution in [0.25, 0.3) is 0 Å². The molecule has 3 aromatic carbocycles. The molecule has 3 aromatic rings. The van der Waals surface area contributed by atoms with E-state index in [1.165, 1.54) is 38.5 Å². The SMILES string of the molecule is COc1cc(NC(=O)CN(c2ccc(F)cc2)S(=O)(=O)c2ccc(F)cc2)c(OC)cc1Cl. The number of methoxy groups -OCH3 is 2. The molecule has 0 heterocycles. The first-order chi connectivity index (χ1) is 15.6. The van der Waals surface area contributed by atoms with E-state index in [-0.39, 0.29) is 32.8 Å². The Morgan fingerprint density at radius 2 is 1.48 bits per heavy atom. The number of carbonyl (C=O) groups is 1. The second-order valence-corrected chi connectivity index (χ2v) is 8.95. The van der Waals surface area contributed by atoms with E-state index in [2.05, 4.69) is 5.32 Å². The van der Waals surface area contributed by atoms with Crippen molar-refractivity contribution in [3.05, 3.63) is 77.3 Å². The van der Waals surface area contributed by atoms with Crippen molar-refractivity contribution in [2.24, 2.45) is 0 Å². The fourth-order valence-electron chi connectivity index (χ4n) is 2.93. The maximum atomic E-state index is 13.4. The molecule has 174 valence electrons. The third-order valence-electron chi connectivity index (χ3n) is 4.55. The number of halogens is 3. The van der Waals surface area contributed by atoms with Crippen LogP contribution in [0.15, 0.2) is 65.6 Å². The topological polar surface area (TPSA) is 84.9 Å². The van der Waals surface area contributed by atoms with Gasteiger partial charge in [0.2, 0.25) is 5.91 Å². The number of nitrogens with one attached hydrogen (secondary N) is 1. The van der Waals surface area contributed by atoms with Crippen molar-refractivity contribution in [3.63, 3.8) is 0 Å². The lowest BCUT2D eigenvalue weighted by molar-refractivity contribution is -0.114. The predicted octanol–water partition coefficient (Wildman–Crippen LogP) is 4.47. The minimum absolute atomic E-state index is 0.0385. The Bertz CT molecular complexity index is 1250. The van der Waals surface area contributed by atoms with Crippen LogP contribution in [0.1, 0.15) is 0 Å². The molecule has 0 saturated carbocycles. The second-order valence-electron chi connectivity index (χ2n) is 6.68. The number of ether oxygens (including phenoxy) is 2. The number of sulfonamides is 1. The maximum Gasteiger partial charge on any atom is 0.264 e. The Morgan fingerprint density at radius 1 is 0.939 bits per heavy atom. The van der Waals surface area contributed by atoms with Gasteiger partial charge in [0.15, 0.2) is 0 Å². The fraction of sp³-hybridized carbons (Fsp3) is 0.136. The first kappa shape index (κ1) is 24.3. The molecule has 0 aliphatic heterocycles. The summed E-state index contributed by atoms with van der Waals surface area (Å²) in [6, 6.07) is 11.5. The lowest BCUT2D eigenvalue weighted by Gasteiger charge is -2.24. The molecule has 0 atom stereocenters. The smallest absolute Gasteiger partial charge is 0.264 e. The standard InChI is InChI=1S/C22H19ClF2N2O5S/c1-31-20-12-19(21(32-2)11-18(20)23)26-22(28)13-27(16-7-3-14(24)4-8-16)33(29,30)17-9-5-15(25)6-10-17/h3-12H,13H2,1-2H3,(H,26,28). The molecule has 0 aromatic heterocycles. The normalized spacial score (nSPS) is 11.1. The zero-order chi connectivity index (χ0) is 24.2. The molecular formula is C22H19ClF2N2O5S. The number of hydrogen-bond acceptors (Lipinski definition) is 5. The molecule has 0 spiro atoms. The summed E-state index contributed by atoms with van der Waals surface area (Å²) >= 11 is 6.07. The molecule has 1 amide bonds. The third kappa shape index (κ3) is 5.52. The highest BCUT2D eigenvalue weighted by molar-refractivity contribution is 7.92. The number of amides is 1. The van der Waals surface area contributed by atoms with Gasteiger partial charge in [-0.2, -0.15) is 0 Å². The Balaban J connectivity index is 1.96. The van der Waals surface area contributed by atoms with Gasteiger partial charge in [0.25, 0.3) is 10.0 Å². The van der Waals surface area contributed by atoms with E-state index < -0.39 is 34.1 Å². The maximum absolute atomic E-state index is 13.4. The number of carbonyl (C=O) groups excluding carboxylic acids is 1. The van der Waals surface area contributed by atoms with Crippen LogP contribution in [-0.4, -0.2) is 35.1 Å². The van der Waals surface area contributed by atoms with Crippen molar-refractivity contribution in [1.82, 2.24) is 0 Å². The van der Waals surface area contributed by atoms with Crippen LogP contribution in [0.4, 0.5) is 20.2 Å². The number of hydrogen-bond donors (Lipinski definition) is 1. The van der Waals surface area contributed by atoms with Crippen LogP contribution in [-0.2, 0) is 14.8 Å². The van der Waals surface area contributed by atoms with Crippen LogP contribution in [0, 0.1) is 11.6 Å². The average Bonchev–Trinajstić information content (AvgIpc) is 2.79. The zero-order valence-electron chi connectivity index (χ0n) is 17.5. The van der Waals surface area contributed by atoms with Gasteiger partial charge in [-0.1, -0.05) is 11.6 Å². The Labute approximate surface area is 194 Å². The van der Waals surface area contributed by atoms with Crippen molar-refractivity contribution >= 4 is 38.9 Å². The molecular weight excluding hydrogens is 478 g/mol. The summed E-state index contributed by atoms with van der Waals surface area (Å²) in [6.07, 6.45) is 0. The summed E-state index contributed by atoms with van der Waals surface area (Å²) in [5, 5.41) is 2.81. The molecule has 0 aliphatic rings. The summed E-state index contributed by atoms with van der Waals surface area (Å²) in [7, 11) is -1.53. The highest BCUT2D eigenvalue weighted by Gasteiger charge is 2.28. The zero-order valence-corrected chi connectivity index (χ0v) is 19.1. The highest BCUT2D eigenvalue weighted by atomic mass is 35.5. The molecule has 0 unspecified atom stereocenters. The largest absolute Gasteiger partial charge is 0.495 e. The molecule has 7 nitrogen and oxygen atoms in total. The van der Waals surface area contributed by atoms with Gasteiger partial charge in [0.05, 0.1) is 35.5 Å². The number of rotatable bonds is 8. The van der Waals surface area contributed by atoms with Crippen molar-refractivity contribution in [2.45, 2.75) is 4.90 Å². The van der Waals surface area contributed by atoms with Crippen molar-refractivity contribution in [1.29, 1.82) is 0 Å². The summed E-state index contributed by atoms with van der Waals surface area (Å²) in [5.74, 6) is -1.44. The molecule has 33 heavy (non-hydrogen) atoms. The van der Waals surface area contributed by atoms with Gasteiger partial charge in [-0.3, -0.25) is 9.10 Å². The van der Waals surface area contributed by atoms with E-state index >= 15 is 0 Å². The molecule has 3 rings (SSSR count). The van der Waals surface area contributed by atoms with Crippen LogP contribution in [0.3, 0.4) is 0 Å². The highest BCUT2D eigenvalue weighted by Crippen LogP contribution is 2.36.